The number of hydrogen-bond acceptors (Lipinski definition) is 3. The van der Waals surface area contributed by atoms with E-state index < -0.39 is 0 Å². The van der Waals surface area contributed by atoms with Crippen molar-refractivity contribution in [3.8, 4) is 5.75 Å². The third-order valence-electron chi connectivity index (χ3n) is 4.27. The van der Waals surface area contributed by atoms with E-state index in [1.807, 2.05) is 47.4 Å². The highest BCUT2D eigenvalue weighted by molar-refractivity contribution is 5.97. The summed E-state index contributed by atoms with van der Waals surface area (Å²) in [7, 11) is 0. The first-order valence-electron chi connectivity index (χ1n) is 8.98. The van der Waals surface area contributed by atoms with Crippen molar-refractivity contribution < 1.29 is 9.53 Å². The van der Waals surface area contributed by atoms with Crippen molar-refractivity contribution in [1.29, 1.82) is 0 Å². The number of anilines is 2. The predicted molar refractivity (Wildman–Crippen MR) is 102 cm³/mol. The molecule has 4 heteroatoms. The summed E-state index contributed by atoms with van der Waals surface area (Å²) in [6, 6.07) is 16.0. The van der Waals surface area contributed by atoms with Gasteiger partial charge < -0.3 is 15.0 Å². The third kappa shape index (κ3) is 4.53. The van der Waals surface area contributed by atoms with Crippen LogP contribution in [0.4, 0.5) is 11.4 Å². The standard InChI is InChI=1S/C21H26N2O2/c1-16(2)15-25-19-10-5-9-18(13-19)22-14-21(24)23-12-6-8-17-7-3-4-11-20(17)23/h3-5,7,9-11,13,16,22H,6,8,12,14-15H2,1-2H3. The Morgan fingerprint density at radius 3 is 2.88 bits per heavy atom. The van der Waals surface area contributed by atoms with E-state index in [-0.39, 0.29) is 12.5 Å². The second-order valence-electron chi connectivity index (χ2n) is 6.86. The molecular weight excluding hydrogens is 312 g/mol. The first-order valence-corrected chi connectivity index (χ1v) is 8.98. The van der Waals surface area contributed by atoms with Gasteiger partial charge >= 0.3 is 0 Å². The third-order valence-corrected chi connectivity index (χ3v) is 4.27. The van der Waals surface area contributed by atoms with E-state index in [2.05, 4.69) is 25.2 Å². The molecule has 0 unspecified atom stereocenters. The summed E-state index contributed by atoms with van der Waals surface area (Å²) in [6.45, 7) is 6.00. The number of carbonyl (C=O) groups is 1. The zero-order chi connectivity index (χ0) is 17.6. The molecule has 0 saturated heterocycles. The predicted octanol–water partition coefficient (Wildman–Crippen LogP) is 4.11. The van der Waals surface area contributed by atoms with Crippen molar-refractivity contribution in [2.24, 2.45) is 5.92 Å². The molecule has 0 radical (unpaired) electrons. The number of fused-ring (bicyclic) bond motifs is 1. The average Bonchev–Trinajstić information content (AvgIpc) is 2.64. The molecule has 1 N–H and O–H groups in total. The van der Waals surface area contributed by atoms with Gasteiger partial charge in [-0.25, -0.2) is 0 Å². The van der Waals surface area contributed by atoms with E-state index in [0.717, 1.165) is 36.5 Å². The molecule has 4 nitrogen and oxygen atoms in total. The molecule has 0 saturated carbocycles. The molecule has 2 aromatic carbocycles. The van der Waals surface area contributed by atoms with Crippen LogP contribution < -0.4 is 15.0 Å². The summed E-state index contributed by atoms with van der Waals surface area (Å²) in [4.78, 5) is 14.6. The molecule has 0 aliphatic carbocycles. The van der Waals surface area contributed by atoms with Gasteiger partial charge in [0.05, 0.1) is 13.2 Å². The van der Waals surface area contributed by atoms with Crippen LogP contribution in [0.5, 0.6) is 5.75 Å². The fourth-order valence-electron chi connectivity index (χ4n) is 3.02. The van der Waals surface area contributed by atoms with Gasteiger partial charge in [-0.05, 0) is 42.5 Å². The van der Waals surface area contributed by atoms with Crippen molar-refractivity contribution in [3.05, 3.63) is 54.1 Å². The first kappa shape index (κ1) is 17.3. The minimum atomic E-state index is 0.0978. The summed E-state index contributed by atoms with van der Waals surface area (Å²) in [5.74, 6) is 1.41. The van der Waals surface area contributed by atoms with Gasteiger partial charge in [0.1, 0.15) is 5.75 Å². The zero-order valence-electron chi connectivity index (χ0n) is 15.0. The zero-order valence-corrected chi connectivity index (χ0v) is 15.0. The van der Waals surface area contributed by atoms with Crippen molar-refractivity contribution in [2.45, 2.75) is 26.7 Å². The Hall–Kier alpha value is -2.49. The Balaban J connectivity index is 1.61. The maximum Gasteiger partial charge on any atom is 0.246 e. The molecule has 0 bridgehead atoms. The monoisotopic (exact) mass is 338 g/mol. The molecule has 0 aromatic heterocycles. The molecule has 2 aromatic rings. The number of benzene rings is 2. The van der Waals surface area contributed by atoms with E-state index in [0.29, 0.717) is 12.5 Å². The van der Waals surface area contributed by atoms with E-state index in [9.17, 15) is 4.79 Å². The topological polar surface area (TPSA) is 41.6 Å². The molecule has 1 aliphatic rings. The smallest absolute Gasteiger partial charge is 0.246 e. The average molecular weight is 338 g/mol. The molecule has 132 valence electrons. The maximum absolute atomic E-state index is 12.7. The molecule has 25 heavy (non-hydrogen) atoms. The van der Waals surface area contributed by atoms with Crippen LogP contribution in [-0.4, -0.2) is 25.6 Å². The Bertz CT molecular complexity index is 727. The van der Waals surface area contributed by atoms with Gasteiger partial charge in [0.2, 0.25) is 5.91 Å². The lowest BCUT2D eigenvalue weighted by molar-refractivity contribution is -0.117. The number of ether oxygens (including phenoxy) is 1. The van der Waals surface area contributed by atoms with Gasteiger partial charge in [0.25, 0.3) is 0 Å². The fraction of sp³-hybridized carbons (Fsp3) is 0.381. The minimum Gasteiger partial charge on any atom is -0.493 e. The number of amides is 1. The molecule has 3 rings (SSSR count). The molecular formula is C21H26N2O2. The number of para-hydroxylation sites is 1. The van der Waals surface area contributed by atoms with Gasteiger partial charge in [-0.1, -0.05) is 38.1 Å². The van der Waals surface area contributed by atoms with Crippen LogP contribution in [0.15, 0.2) is 48.5 Å². The van der Waals surface area contributed by atoms with Crippen LogP contribution in [0.1, 0.15) is 25.8 Å². The largest absolute Gasteiger partial charge is 0.493 e. The van der Waals surface area contributed by atoms with E-state index in [1.54, 1.807) is 0 Å². The highest BCUT2D eigenvalue weighted by atomic mass is 16.5. The lowest BCUT2D eigenvalue weighted by Gasteiger charge is -2.29. The maximum atomic E-state index is 12.7. The van der Waals surface area contributed by atoms with Gasteiger partial charge in [0.15, 0.2) is 0 Å². The Labute approximate surface area is 149 Å². The summed E-state index contributed by atoms with van der Waals surface area (Å²) in [6.07, 6.45) is 2.06. The lowest BCUT2D eigenvalue weighted by atomic mass is 10.0. The SMILES string of the molecule is CC(C)COc1cccc(NCC(=O)N2CCCc3ccccc32)c1. The minimum absolute atomic E-state index is 0.0978. The lowest BCUT2D eigenvalue weighted by Crippen LogP contribution is -2.39. The molecule has 1 amide bonds. The normalized spacial score (nSPS) is 13.5. The van der Waals surface area contributed by atoms with Gasteiger partial charge in [0, 0.05) is 24.0 Å². The Morgan fingerprint density at radius 1 is 1.20 bits per heavy atom. The van der Waals surface area contributed by atoms with Gasteiger partial charge in [-0.2, -0.15) is 0 Å². The van der Waals surface area contributed by atoms with Crippen LogP contribution in [0, 0.1) is 5.92 Å². The number of aryl methyl sites for hydroxylation is 1. The number of nitrogens with zero attached hydrogens (tertiary/aromatic N) is 1. The number of carbonyl (C=O) groups excluding carboxylic acids is 1. The van der Waals surface area contributed by atoms with Crippen LogP contribution in [0.2, 0.25) is 0 Å². The summed E-state index contributed by atoms with van der Waals surface area (Å²) in [5, 5.41) is 3.23. The first-order chi connectivity index (χ1) is 12.1. The Kier molecular flexibility index (Phi) is 5.59. The highest BCUT2D eigenvalue weighted by Crippen LogP contribution is 2.26. The quantitative estimate of drug-likeness (QED) is 0.862. The van der Waals surface area contributed by atoms with Crippen molar-refractivity contribution >= 4 is 17.3 Å². The van der Waals surface area contributed by atoms with Crippen molar-refractivity contribution in [2.75, 3.05) is 29.9 Å². The van der Waals surface area contributed by atoms with Crippen molar-refractivity contribution in [3.63, 3.8) is 0 Å². The Morgan fingerprint density at radius 2 is 2.04 bits per heavy atom. The number of rotatable bonds is 6. The van der Waals surface area contributed by atoms with Crippen LogP contribution in [0.3, 0.4) is 0 Å². The van der Waals surface area contributed by atoms with Crippen LogP contribution in [-0.2, 0) is 11.2 Å². The van der Waals surface area contributed by atoms with Gasteiger partial charge in [-0.15, -0.1) is 0 Å². The summed E-state index contributed by atoms with van der Waals surface area (Å²) < 4.78 is 5.74. The second kappa shape index (κ2) is 8.06. The van der Waals surface area contributed by atoms with Crippen LogP contribution >= 0.6 is 0 Å². The van der Waals surface area contributed by atoms with E-state index >= 15 is 0 Å². The van der Waals surface area contributed by atoms with Crippen LogP contribution in [0.25, 0.3) is 0 Å². The van der Waals surface area contributed by atoms with Gasteiger partial charge in [-0.3, -0.25) is 4.79 Å². The van der Waals surface area contributed by atoms with Crippen molar-refractivity contribution in [1.82, 2.24) is 0 Å². The number of hydrogen-bond donors (Lipinski definition) is 1. The summed E-state index contributed by atoms with van der Waals surface area (Å²) in [5.41, 5.74) is 3.21. The highest BCUT2D eigenvalue weighted by Gasteiger charge is 2.21. The molecule has 0 atom stereocenters. The molecule has 1 heterocycles. The van der Waals surface area contributed by atoms with E-state index in [4.69, 9.17) is 4.74 Å². The molecule has 0 fully saturated rings. The van der Waals surface area contributed by atoms with E-state index in [1.165, 1.54) is 5.56 Å². The molecule has 0 spiro atoms. The summed E-state index contributed by atoms with van der Waals surface area (Å²) >= 11 is 0. The number of nitrogens with one attached hydrogen (secondary N) is 1. The fourth-order valence-corrected chi connectivity index (χ4v) is 3.02. The molecule has 1 aliphatic heterocycles. The second-order valence-corrected chi connectivity index (χ2v) is 6.86.